The number of carbonyl (C=O) groups excluding carboxylic acids is 1. The SMILES string of the molecule is COCC(=O)N1CCc2[nH]cnc2C12CCN(CCC(C)c1ccc(C)o1)CC2. The number of imidazole rings is 1. The predicted molar refractivity (Wildman–Crippen MR) is 110 cm³/mol. The summed E-state index contributed by atoms with van der Waals surface area (Å²) < 4.78 is 10.9. The Labute approximate surface area is 172 Å². The maximum Gasteiger partial charge on any atom is 0.249 e. The molecule has 1 fully saturated rings. The number of aryl methyl sites for hydroxylation is 1. The molecule has 4 rings (SSSR count). The predicted octanol–water partition coefficient (Wildman–Crippen LogP) is 2.83. The van der Waals surface area contributed by atoms with Crippen LogP contribution in [0.1, 0.15) is 55.0 Å². The molecular weight excluding hydrogens is 368 g/mol. The van der Waals surface area contributed by atoms with Gasteiger partial charge < -0.3 is 23.9 Å². The molecule has 2 aromatic heterocycles. The molecule has 158 valence electrons. The molecule has 1 unspecified atom stereocenters. The van der Waals surface area contributed by atoms with Crippen molar-refractivity contribution in [2.24, 2.45) is 0 Å². The summed E-state index contributed by atoms with van der Waals surface area (Å²) in [5.74, 6) is 2.52. The lowest BCUT2D eigenvalue weighted by molar-refractivity contribution is -0.146. The topological polar surface area (TPSA) is 74.6 Å². The van der Waals surface area contributed by atoms with Crippen LogP contribution in [0.25, 0.3) is 0 Å². The number of rotatable bonds is 6. The minimum Gasteiger partial charge on any atom is -0.466 e. The molecule has 0 saturated carbocycles. The van der Waals surface area contributed by atoms with Gasteiger partial charge in [0, 0.05) is 44.8 Å². The number of fused-ring (bicyclic) bond motifs is 2. The van der Waals surface area contributed by atoms with E-state index in [0.29, 0.717) is 5.92 Å². The lowest BCUT2D eigenvalue weighted by Gasteiger charge is -2.50. The van der Waals surface area contributed by atoms with E-state index in [4.69, 9.17) is 9.15 Å². The number of aromatic amines is 1. The number of aromatic nitrogens is 2. The highest BCUT2D eigenvalue weighted by Gasteiger charge is 2.48. The van der Waals surface area contributed by atoms with E-state index in [1.54, 1.807) is 13.4 Å². The van der Waals surface area contributed by atoms with Gasteiger partial charge in [-0.05, 0) is 44.9 Å². The zero-order valence-corrected chi connectivity index (χ0v) is 17.7. The molecule has 0 aromatic carbocycles. The first kappa shape index (κ1) is 20.2. The molecule has 2 aliphatic rings. The molecule has 4 heterocycles. The van der Waals surface area contributed by atoms with Crippen LogP contribution in [0.3, 0.4) is 0 Å². The summed E-state index contributed by atoms with van der Waals surface area (Å²) in [6.45, 7) is 8.05. The zero-order valence-electron chi connectivity index (χ0n) is 17.7. The van der Waals surface area contributed by atoms with E-state index < -0.39 is 0 Å². The number of ether oxygens (including phenoxy) is 1. The van der Waals surface area contributed by atoms with Gasteiger partial charge >= 0.3 is 0 Å². The number of hydrogen-bond acceptors (Lipinski definition) is 5. The fourth-order valence-electron chi connectivity index (χ4n) is 4.93. The molecule has 29 heavy (non-hydrogen) atoms. The maximum atomic E-state index is 12.8. The third-order valence-corrected chi connectivity index (χ3v) is 6.64. The molecule has 0 aliphatic carbocycles. The van der Waals surface area contributed by atoms with Gasteiger partial charge in [-0.15, -0.1) is 0 Å². The van der Waals surface area contributed by atoms with Crippen molar-refractivity contribution in [3.63, 3.8) is 0 Å². The summed E-state index contributed by atoms with van der Waals surface area (Å²) in [6.07, 6.45) is 5.50. The monoisotopic (exact) mass is 400 g/mol. The maximum absolute atomic E-state index is 12.8. The number of piperidine rings is 1. The van der Waals surface area contributed by atoms with Gasteiger partial charge in [-0.2, -0.15) is 0 Å². The van der Waals surface area contributed by atoms with Crippen molar-refractivity contribution in [3.05, 3.63) is 41.4 Å². The summed E-state index contributed by atoms with van der Waals surface area (Å²) >= 11 is 0. The van der Waals surface area contributed by atoms with E-state index in [1.165, 1.54) is 5.69 Å². The summed E-state index contributed by atoms with van der Waals surface area (Å²) in [5.41, 5.74) is 1.94. The van der Waals surface area contributed by atoms with Crippen LogP contribution in [-0.4, -0.2) is 65.6 Å². The first-order valence-electron chi connectivity index (χ1n) is 10.6. The highest BCUT2D eigenvalue weighted by atomic mass is 16.5. The van der Waals surface area contributed by atoms with E-state index in [1.807, 2.05) is 17.9 Å². The number of hydrogen-bond donors (Lipinski definition) is 1. The Morgan fingerprint density at radius 1 is 1.34 bits per heavy atom. The van der Waals surface area contributed by atoms with Gasteiger partial charge in [-0.3, -0.25) is 4.79 Å². The molecule has 1 saturated heterocycles. The zero-order chi connectivity index (χ0) is 20.4. The Morgan fingerprint density at radius 2 is 2.14 bits per heavy atom. The van der Waals surface area contributed by atoms with Crippen LogP contribution in [0.15, 0.2) is 22.9 Å². The van der Waals surface area contributed by atoms with Crippen LogP contribution in [0.5, 0.6) is 0 Å². The Hall–Kier alpha value is -2.12. The summed E-state index contributed by atoms with van der Waals surface area (Å²) in [6, 6.07) is 4.12. The van der Waals surface area contributed by atoms with Crippen LogP contribution in [0.2, 0.25) is 0 Å². The second kappa shape index (κ2) is 8.32. The number of likely N-dealkylation sites (tertiary alicyclic amines) is 1. The number of carbonyl (C=O) groups is 1. The van der Waals surface area contributed by atoms with Crippen LogP contribution in [-0.2, 0) is 21.5 Å². The van der Waals surface area contributed by atoms with E-state index in [9.17, 15) is 4.79 Å². The first-order valence-corrected chi connectivity index (χ1v) is 10.6. The Bertz CT molecular complexity index is 835. The quantitative estimate of drug-likeness (QED) is 0.807. The molecular formula is C22H32N4O3. The number of furan rings is 1. The standard InChI is InChI=1S/C22H32N4O3/c1-16(19-5-4-17(2)29-19)6-10-25-12-8-22(9-13-25)21-18(23-15-24-21)7-11-26(22)20(27)14-28-3/h4-5,15-16H,6-14H2,1-3H3,(H,23,24). The molecule has 1 amide bonds. The van der Waals surface area contributed by atoms with E-state index in [2.05, 4.69) is 27.9 Å². The summed E-state index contributed by atoms with van der Waals surface area (Å²) in [5, 5.41) is 0. The molecule has 7 heteroatoms. The second-order valence-electron chi connectivity index (χ2n) is 8.47. The molecule has 0 radical (unpaired) electrons. The summed E-state index contributed by atoms with van der Waals surface area (Å²) in [7, 11) is 1.58. The molecule has 1 N–H and O–H groups in total. The van der Waals surface area contributed by atoms with Crippen molar-refractivity contribution >= 4 is 5.91 Å². The minimum absolute atomic E-state index is 0.0661. The molecule has 0 bridgehead atoms. The first-order chi connectivity index (χ1) is 14.0. The van der Waals surface area contributed by atoms with Crippen molar-refractivity contribution in [1.29, 1.82) is 0 Å². The average molecular weight is 401 g/mol. The fraction of sp³-hybridized carbons (Fsp3) is 0.636. The van der Waals surface area contributed by atoms with E-state index >= 15 is 0 Å². The van der Waals surface area contributed by atoms with E-state index in [0.717, 1.165) is 69.1 Å². The van der Waals surface area contributed by atoms with Gasteiger partial charge in [0.2, 0.25) is 5.91 Å². The largest absolute Gasteiger partial charge is 0.466 e. The fourth-order valence-corrected chi connectivity index (χ4v) is 4.93. The van der Waals surface area contributed by atoms with Gasteiger partial charge in [0.05, 0.1) is 17.6 Å². The van der Waals surface area contributed by atoms with Crippen molar-refractivity contribution in [2.45, 2.75) is 51.0 Å². The summed E-state index contributed by atoms with van der Waals surface area (Å²) in [4.78, 5) is 25.3. The van der Waals surface area contributed by atoms with Crippen LogP contribution in [0, 0.1) is 6.92 Å². The van der Waals surface area contributed by atoms with E-state index in [-0.39, 0.29) is 18.1 Å². The number of amides is 1. The van der Waals surface area contributed by atoms with Crippen molar-refractivity contribution in [1.82, 2.24) is 19.8 Å². The molecule has 1 spiro atoms. The minimum atomic E-state index is -0.302. The van der Waals surface area contributed by atoms with Crippen molar-refractivity contribution in [3.8, 4) is 0 Å². The number of nitrogens with zero attached hydrogens (tertiary/aromatic N) is 3. The molecule has 1 atom stereocenters. The molecule has 2 aliphatic heterocycles. The molecule has 2 aromatic rings. The number of methoxy groups -OCH3 is 1. The smallest absolute Gasteiger partial charge is 0.249 e. The highest BCUT2D eigenvalue weighted by molar-refractivity contribution is 5.79. The average Bonchev–Trinajstić information content (AvgIpc) is 3.37. The highest BCUT2D eigenvalue weighted by Crippen LogP contribution is 2.42. The number of nitrogens with one attached hydrogen (secondary N) is 1. The third-order valence-electron chi connectivity index (χ3n) is 6.64. The van der Waals surface area contributed by atoms with Gasteiger partial charge in [0.1, 0.15) is 18.1 Å². The van der Waals surface area contributed by atoms with Crippen LogP contribution < -0.4 is 0 Å². The van der Waals surface area contributed by atoms with Crippen molar-refractivity contribution < 1.29 is 13.9 Å². The van der Waals surface area contributed by atoms with Gasteiger partial charge in [0.25, 0.3) is 0 Å². The van der Waals surface area contributed by atoms with Gasteiger partial charge in [0.15, 0.2) is 0 Å². The Kier molecular flexibility index (Phi) is 5.79. The van der Waals surface area contributed by atoms with Gasteiger partial charge in [-0.1, -0.05) is 6.92 Å². The Morgan fingerprint density at radius 3 is 2.83 bits per heavy atom. The van der Waals surface area contributed by atoms with Crippen LogP contribution in [0.4, 0.5) is 0 Å². The normalized spacial score (nSPS) is 20.0. The second-order valence-corrected chi connectivity index (χ2v) is 8.47. The number of H-pyrrole nitrogens is 1. The third kappa shape index (κ3) is 3.85. The Balaban J connectivity index is 1.42. The lowest BCUT2D eigenvalue weighted by Crippen LogP contribution is -2.59. The lowest BCUT2D eigenvalue weighted by atomic mass is 9.78. The van der Waals surface area contributed by atoms with Gasteiger partial charge in [-0.25, -0.2) is 4.98 Å². The molecule has 7 nitrogen and oxygen atoms in total. The van der Waals surface area contributed by atoms with Crippen LogP contribution >= 0.6 is 0 Å². The van der Waals surface area contributed by atoms with Crippen molar-refractivity contribution in [2.75, 3.05) is 39.9 Å².